The van der Waals surface area contributed by atoms with Crippen molar-refractivity contribution in [2.75, 3.05) is 13.7 Å². The van der Waals surface area contributed by atoms with Crippen LogP contribution in [0.5, 0.6) is 5.75 Å². The van der Waals surface area contributed by atoms with Crippen molar-refractivity contribution in [1.29, 1.82) is 0 Å². The number of carboxylic acid groups (broad SMARTS) is 1. The van der Waals surface area contributed by atoms with Crippen LogP contribution in [0.1, 0.15) is 25.3 Å². The second-order valence-corrected chi connectivity index (χ2v) is 5.42. The number of methoxy groups -OCH3 is 1. The Bertz CT molecular complexity index is 527. The van der Waals surface area contributed by atoms with E-state index in [-0.39, 0.29) is 6.42 Å². The SMILES string of the molecule is COc1ccc(CN2CC(C)(CCC(=O)O)OC2=O)cc1. The van der Waals surface area contributed by atoms with Crippen molar-refractivity contribution >= 4 is 12.1 Å². The number of carbonyl (C=O) groups excluding carboxylic acids is 1. The molecule has 1 saturated heterocycles. The van der Waals surface area contributed by atoms with E-state index in [2.05, 4.69) is 0 Å². The quantitative estimate of drug-likeness (QED) is 0.870. The number of hydrogen-bond acceptors (Lipinski definition) is 4. The average molecular weight is 293 g/mol. The van der Waals surface area contributed by atoms with Gasteiger partial charge in [0.15, 0.2) is 0 Å². The Morgan fingerprint density at radius 3 is 2.67 bits per heavy atom. The smallest absolute Gasteiger partial charge is 0.410 e. The van der Waals surface area contributed by atoms with Crippen molar-refractivity contribution in [2.45, 2.75) is 31.9 Å². The molecule has 1 N–H and O–H groups in total. The van der Waals surface area contributed by atoms with Crippen molar-refractivity contribution in [3.05, 3.63) is 29.8 Å². The second-order valence-electron chi connectivity index (χ2n) is 5.42. The molecule has 2 rings (SSSR count). The molecule has 0 aliphatic carbocycles. The maximum Gasteiger partial charge on any atom is 0.410 e. The van der Waals surface area contributed by atoms with Crippen LogP contribution in [-0.4, -0.2) is 41.3 Å². The lowest BCUT2D eigenvalue weighted by Crippen LogP contribution is -2.31. The van der Waals surface area contributed by atoms with E-state index < -0.39 is 17.7 Å². The van der Waals surface area contributed by atoms with Gasteiger partial charge >= 0.3 is 12.1 Å². The molecule has 21 heavy (non-hydrogen) atoms. The molecule has 0 bridgehead atoms. The summed E-state index contributed by atoms with van der Waals surface area (Å²) in [7, 11) is 1.60. The molecule has 1 atom stereocenters. The van der Waals surface area contributed by atoms with Gasteiger partial charge in [0.1, 0.15) is 11.4 Å². The summed E-state index contributed by atoms with van der Waals surface area (Å²) >= 11 is 0. The second kappa shape index (κ2) is 6.03. The fourth-order valence-electron chi connectivity index (χ4n) is 2.35. The summed E-state index contributed by atoms with van der Waals surface area (Å²) in [5.41, 5.74) is 0.234. The maximum atomic E-state index is 11.9. The van der Waals surface area contributed by atoms with Crippen molar-refractivity contribution in [3.8, 4) is 5.75 Å². The Hall–Kier alpha value is -2.24. The Morgan fingerprint density at radius 1 is 1.43 bits per heavy atom. The van der Waals surface area contributed by atoms with Gasteiger partial charge in [0, 0.05) is 13.0 Å². The van der Waals surface area contributed by atoms with Crippen LogP contribution in [0.3, 0.4) is 0 Å². The zero-order valence-electron chi connectivity index (χ0n) is 12.2. The number of aliphatic carboxylic acids is 1. The van der Waals surface area contributed by atoms with E-state index >= 15 is 0 Å². The number of cyclic esters (lactones) is 1. The molecular weight excluding hydrogens is 274 g/mol. The topological polar surface area (TPSA) is 76.1 Å². The molecule has 0 aromatic heterocycles. The third-order valence-electron chi connectivity index (χ3n) is 3.52. The summed E-state index contributed by atoms with van der Waals surface area (Å²) in [4.78, 5) is 24.1. The highest BCUT2D eigenvalue weighted by atomic mass is 16.6. The molecule has 1 heterocycles. The lowest BCUT2D eigenvalue weighted by atomic mass is 10.00. The Kier molecular flexibility index (Phi) is 4.35. The van der Waals surface area contributed by atoms with Crippen LogP contribution in [0.15, 0.2) is 24.3 Å². The van der Waals surface area contributed by atoms with Crippen molar-refractivity contribution in [1.82, 2.24) is 4.90 Å². The van der Waals surface area contributed by atoms with Gasteiger partial charge in [-0.3, -0.25) is 9.69 Å². The van der Waals surface area contributed by atoms with E-state index in [1.165, 1.54) is 0 Å². The normalized spacial score (nSPS) is 21.2. The van der Waals surface area contributed by atoms with E-state index in [9.17, 15) is 9.59 Å². The van der Waals surface area contributed by atoms with E-state index in [0.717, 1.165) is 11.3 Å². The van der Waals surface area contributed by atoms with E-state index in [1.54, 1.807) is 18.9 Å². The molecule has 1 aromatic rings. The molecule has 0 spiro atoms. The molecule has 6 nitrogen and oxygen atoms in total. The number of nitrogens with zero attached hydrogens (tertiary/aromatic N) is 1. The van der Waals surface area contributed by atoms with Gasteiger partial charge in [0.25, 0.3) is 0 Å². The van der Waals surface area contributed by atoms with Crippen molar-refractivity contribution < 1.29 is 24.2 Å². The third kappa shape index (κ3) is 3.87. The van der Waals surface area contributed by atoms with Crippen LogP contribution in [0.4, 0.5) is 4.79 Å². The molecule has 0 saturated carbocycles. The highest BCUT2D eigenvalue weighted by molar-refractivity contribution is 5.71. The minimum atomic E-state index is -0.888. The number of carboxylic acids is 1. The first kappa shape index (κ1) is 15.2. The number of ether oxygens (including phenoxy) is 2. The van der Waals surface area contributed by atoms with Crippen LogP contribution in [-0.2, 0) is 16.1 Å². The monoisotopic (exact) mass is 293 g/mol. The third-order valence-corrected chi connectivity index (χ3v) is 3.52. The summed E-state index contributed by atoms with van der Waals surface area (Å²) < 4.78 is 10.4. The van der Waals surface area contributed by atoms with E-state index in [1.807, 2.05) is 24.3 Å². The number of carbonyl (C=O) groups is 2. The van der Waals surface area contributed by atoms with Gasteiger partial charge in [0.05, 0.1) is 13.7 Å². The summed E-state index contributed by atoms with van der Waals surface area (Å²) in [6, 6.07) is 7.44. The largest absolute Gasteiger partial charge is 0.497 e. The highest BCUT2D eigenvalue weighted by Crippen LogP contribution is 2.28. The lowest BCUT2D eigenvalue weighted by Gasteiger charge is -2.20. The van der Waals surface area contributed by atoms with Crippen molar-refractivity contribution in [3.63, 3.8) is 0 Å². The van der Waals surface area contributed by atoms with Crippen LogP contribution < -0.4 is 4.74 Å². The summed E-state index contributed by atoms with van der Waals surface area (Å²) in [6.45, 7) is 2.60. The summed E-state index contributed by atoms with van der Waals surface area (Å²) in [5.74, 6) is -0.130. The summed E-state index contributed by atoms with van der Waals surface area (Å²) in [6.07, 6.45) is -0.105. The molecule has 1 fully saturated rings. The highest BCUT2D eigenvalue weighted by Gasteiger charge is 2.41. The first-order chi connectivity index (χ1) is 9.92. The molecule has 1 unspecified atom stereocenters. The van der Waals surface area contributed by atoms with E-state index in [4.69, 9.17) is 14.6 Å². The van der Waals surface area contributed by atoms with Crippen LogP contribution in [0.25, 0.3) is 0 Å². The first-order valence-corrected chi connectivity index (χ1v) is 6.74. The molecular formula is C15H19NO5. The maximum absolute atomic E-state index is 11.9. The van der Waals surface area contributed by atoms with Gasteiger partial charge in [-0.2, -0.15) is 0 Å². The van der Waals surface area contributed by atoms with Crippen molar-refractivity contribution in [2.24, 2.45) is 0 Å². The number of rotatable bonds is 6. The fraction of sp³-hybridized carbons (Fsp3) is 0.467. The minimum absolute atomic E-state index is 0.0137. The van der Waals surface area contributed by atoms with Crippen LogP contribution >= 0.6 is 0 Å². The zero-order chi connectivity index (χ0) is 15.5. The predicted octanol–water partition coefficient (Wildman–Crippen LogP) is 2.27. The standard InChI is InChI=1S/C15H19NO5/c1-15(8-7-13(17)18)10-16(14(19)21-15)9-11-3-5-12(20-2)6-4-11/h3-6H,7-10H2,1-2H3,(H,17,18). The number of hydrogen-bond donors (Lipinski definition) is 1. The average Bonchev–Trinajstić information content (AvgIpc) is 2.73. The van der Waals surface area contributed by atoms with Gasteiger partial charge in [-0.15, -0.1) is 0 Å². The Balaban J connectivity index is 1.97. The van der Waals surface area contributed by atoms with Gasteiger partial charge in [0.2, 0.25) is 0 Å². The fourth-order valence-corrected chi connectivity index (χ4v) is 2.35. The molecule has 1 aromatic carbocycles. The zero-order valence-corrected chi connectivity index (χ0v) is 12.2. The van der Waals surface area contributed by atoms with E-state index in [0.29, 0.717) is 19.5 Å². The van der Waals surface area contributed by atoms with Gasteiger partial charge < -0.3 is 14.6 Å². The number of amides is 1. The molecule has 1 amide bonds. The van der Waals surface area contributed by atoms with Crippen LogP contribution in [0, 0.1) is 0 Å². The molecule has 114 valence electrons. The molecule has 1 aliphatic heterocycles. The Labute approximate surface area is 123 Å². The number of benzene rings is 1. The molecule has 6 heteroatoms. The summed E-state index contributed by atoms with van der Waals surface area (Å²) in [5, 5.41) is 8.74. The lowest BCUT2D eigenvalue weighted by molar-refractivity contribution is -0.138. The van der Waals surface area contributed by atoms with Gasteiger partial charge in [-0.05, 0) is 31.0 Å². The molecule has 1 aliphatic rings. The predicted molar refractivity (Wildman–Crippen MR) is 75.2 cm³/mol. The van der Waals surface area contributed by atoms with Gasteiger partial charge in [-0.1, -0.05) is 12.1 Å². The Morgan fingerprint density at radius 2 is 2.10 bits per heavy atom. The van der Waals surface area contributed by atoms with Gasteiger partial charge in [-0.25, -0.2) is 4.79 Å². The molecule has 0 radical (unpaired) electrons. The minimum Gasteiger partial charge on any atom is -0.497 e. The first-order valence-electron chi connectivity index (χ1n) is 6.74. The van der Waals surface area contributed by atoms with Crippen LogP contribution in [0.2, 0.25) is 0 Å².